The van der Waals surface area contributed by atoms with Crippen molar-refractivity contribution in [3.63, 3.8) is 0 Å². The molecule has 0 radical (unpaired) electrons. The van der Waals surface area contributed by atoms with Crippen LogP contribution in [0.5, 0.6) is 0 Å². The molecule has 2 N–H and O–H groups in total. The molecule has 1 aliphatic carbocycles. The molecule has 1 aliphatic rings. The van der Waals surface area contributed by atoms with Crippen molar-refractivity contribution in [1.82, 2.24) is 9.55 Å². The summed E-state index contributed by atoms with van der Waals surface area (Å²) in [5.41, 5.74) is 0. The van der Waals surface area contributed by atoms with E-state index in [-0.39, 0.29) is 5.03 Å². The lowest BCUT2D eigenvalue weighted by molar-refractivity contribution is 0.348. The number of aryl methyl sites for hydroxylation is 1. The third-order valence-corrected chi connectivity index (χ3v) is 3.93. The highest BCUT2D eigenvalue weighted by Gasteiger charge is 2.20. The van der Waals surface area contributed by atoms with Gasteiger partial charge in [0, 0.05) is 12.2 Å². The Bertz CT molecular complexity index is 472. The maximum Gasteiger partial charge on any atom is 0.257 e. The van der Waals surface area contributed by atoms with Gasteiger partial charge in [0.05, 0.1) is 0 Å². The van der Waals surface area contributed by atoms with E-state index in [0.717, 1.165) is 18.7 Å². The highest BCUT2D eigenvalue weighted by Crippen LogP contribution is 2.29. The van der Waals surface area contributed by atoms with Crippen LogP contribution in [-0.2, 0) is 10.0 Å². The van der Waals surface area contributed by atoms with Crippen LogP contribution in [0.15, 0.2) is 11.2 Å². The van der Waals surface area contributed by atoms with E-state index >= 15 is 0 Å². The van der Waals surface area contributed by atoms with Gasteiger partial charge in [-0.15, -0.1) is 0 Å². The molecular formula is C10H17N3O2S. The van der Waals surface area contributed by atoms with E-state index in [0.29, 0.717) is 6.04 Å². The van der Waals surface area contributed by atoms with Crippen molar-refractivity contribution in [2.24, 2.45) is 5.14 Å². The van der Waals surface area contributed by atoms with Crippen molar-refractivity contribution in [3.05, 3.63) is 12.0 Å². The minimum absolute atomic E-state index is 0.0180. The molecule has 0 bridgehead atoms. The zero-order chi connectivity index (χ0) is 11.8. The van der Waals surface area contributed by atoms with Gasteiger partial charge in [0.15, 0.2) is 5.03 Å². The molecule has 6 heteroatoms. The number of rotatable bonds is 2. The third kappa shape index (κ3) is 2.27. The summed E-state index contributed by atoms with van der Waals surface area (Å²) in [6.45, 7) is 1.82. The highest BCUT2D eigenvalue weighted by molar-refractivity contribution is 7.89. The molecule has 1 fully saturated rings. The van der Waals surface area contributed by atoms with Crippen LogP contribution in [0.4, 0.5) is 0 Å². The molecule has 16 heavy (non-hydrogen) atoms. The Balaban J connectivity index is 2.31. The first-order chi connectivity index (χ1) is 7.48. The third-order valence-electron chi connectivity index (χ3n) is 3.15. The van der Waals surface area contributed by atoms with Gasteiger partial charge in [-0.2, -0.15) is 0 Å². The standard InChI is InChI=1S/C10H17N3O2S/c1-8-12-10(16(11,14)15)7-13(8)9-5-3-2-4-6-9/h7,9H,2-6H2,1H3,(H2,11,14,15). The second-order valence-corrected chi connectivity index (χ2v) is 5.88. The van der Waals surface area contributed by atoms with Gasteiger partial charge in [-0.3, -0.25) is 0 Å². The largest absolute Gasteiger partial charge is 0.331 e. The summed E-state index contributed by atoms with van der Waals surface area (Å²) in [4.78, 5) is 4.01. The maximum atomic E-state index is 11.2. The van der Waals surface area contributed by atoms with Gasteiger partial charge in [0.25, 0.3) is 10.0 Å². The number of imidazole rings is 1. The highest BCUT2D eigenvalue weighted by atomic mass is 32.2. The molecule has 0 spiro atoms. The SMILES string of the molecule is Cc1nc(S(N)(=O)=O)cn1C1CCCCC1. The van der Waals surface area contributed by atoms with Crippen LogP contribution in [0.2, 0.25) is 0 Å². The molecule has 90 valence electrons. The lowest BCUT2D eigenvalue weighted by atomic mass is 9.95. The van der Waals surface area contributed by atoms with Gasteiger partial charge in [-0.05, 0) is 19.8 Å². The Hall–Kier alpha value is -0.880. The molecule has 1 aromatic rings. The van der Waals surface area contributed by atoms with Gasteiger partial charge in [0.2, 0.25) is 0 Å². The predicted molar refractivity (Wildman–Crippen MR) is 60.5 cm³/mol. The fourth-order valence-electron chi connectivity index (χ4n) is 2.32. The molecule has 0 atom stereocenters. The normalized spacial score (nSPS) is 18.9. The molecular weight excluding hydrogens is 226 g/mol. The summed E-state index contributed by atoms with van der Waals surface area (Å²) in [7, 11) is -3.68. The molecule has 5 nitrogen and oxygen atoms in total. The van der Waals surface area contributed by atoms with Crippen LogP contribution in [0, 0.1) is 6.92 Å². The second kappa shape index (κ2) is 4.18. The summed E-state index contributed by atoms with van der Waals surface area (Å²) >= 11 is 0. The molecule has 0 aliphatic heterocycles. The van der Waals surface area contributed by atoms with Gasteiger partial charge < -0.3 is 4.57 Å². The van der Waals surface area contributed by atoms with Crippen LogP contribution in [0.3, 0.4) is 0 Å². The Morgan fingerprint density at radius 3 is 2.50 bits per heavy atom. The summed E-state index contributed by atoms with van der Waals surface area (Å²) in [6.07, 6.45) is 7.44. The second-order valence-electron chi connectivity index (χ2n) is 4.37. The summed E-state index contributed by atoms with van der Waals surface area (Å²) in [6, 6.07) is 0.386. The number of nitrogens with two attached hydrogens (primary N) is 1. The van der Waals surface area contributed by atoms with Crippen LogP contribution in [0.1, 0.15) is 44.0 Å². The smallest absolute Gasteiger partial charge is 0.257 e. The van der Waals surface area contributed by atoms with Crippen molar-refractivity contribution in [1.29, 1.82) is 0 Å². The zero-order valence-electron chi connectivity index (χ0n) is 9.39. The van der Waals surface area contributed by atoms with E-state index in [1.54, 1.807) is 6.20 Å². The maximum absolute atomic E-state index is 11.2. The molecule has 0 amide bonds. The number of hydrogen-bond donors (Lipinski definition) is 1. The fourth-order valence-corrected chi connectivity index (χ4v) is 2.84. The zero-order valence-corrected chi connectivity index (χ0v) is 10.2. The van der Waals surface area contributed by atoms with E-state index in [1.807, 2.05) is 11.5 Å². The van der Waals surface area contributed by atoms with E-state index in [1.165, 1.54) is 19.3 Å². The predicted octanol–water partition coefficient (Wildman–Crippen LogP) is 1.34. The average molecular weight is 243 g/mol. The van der Waals surface area contributed by atoms with Crippen molar-refractivity contribution in [2.45, 2.75) is 50.1 Å². The van der Waals surface area contributed by atoms with Crippen LogP contribution >= 0.6 is 0 Å². The molecule has 0 unspecified atom stereocenters. The first-order valence-electron chi connectivity index (χ1n) is 5.57. The number of sulfonamides is 1. The van der Waals surface area contributed by atoms with E-state index in [9.17, 15) is 8.42 Å². The van der Waals surface area contributed by atoms with E-state index in [2.05, 4.69) is 4.98 Å². The Morgan fingerprint density at radius 2 is 2.00 bits per heavy atom. The topological polar surface area (TPSA) is 78.0 Å². The summed E-state index contributed by atoms with van der Waals surface area (Å²) in [5.74, 6) is 0.732. The molecule has 0 aromatic carbocycles. The molecule has 2 rings (SSSR count). The van der Waals surface area contributed by atoms with Crippen LogP contribution < -0.4 is 5.14 Å². The van der Waals surface area contributed by atoms with E-state index in [4.69, 9.17) is 5.14 Å². The average Bonchev–Trinajstić information content (AvgIpc) is 2.61. The number of nitrogens with zero attached hydrogens (tertiary/aromatic N) is 2. The van der Waals surface area contributed by atoms with Gasteiger partial charge in [-0.25, -0.2) is 18.5 Å². The fraction of sp³-hybridized carbons (Fsp3) is 0.700. The van der Waals surface area contributed by atoms with Gasteiger partial charge in [-0.1, -0.05) is 19.3 Å². The first kappa shape index (κ1) is 11.6. The number of aromatic nitrogens is 2. The van der Waals surface area contributed by atoms with Gasteiger partial charge in [0.1, 0.15) is 5.82 Å². The minimum Gasteiger partial charge on any atom is -0.331 e. The Kier molecular flexibility index (Phi) is 3.03. The summed E-state index contributed by atoms with van der Waals surface area (Å²) in [5, 5.41) is 5.05. The number of primary sulfonamides is 1. The molecule has 1 saturated carbocycles. The Labute approximate surface area is 95.7 Å². The molecule has 1 heterocycles. The minimum atomic E-state index is -3.68. The van der Waals surface area contributed by atoms with Gasteiger partial charge >= 0.3 is 0 Å². The quantitative estimate of drug-likeness (QED) is 0.851. The van der Waals surface area contributed by atoms with Crippen molar-refractivity contribution >= 4 is 10.0 Å². The van der Waals surface area contributed by atoms with Crippen molar-refractivity contribution in [2.75, 3.05) is 0 Å². The molecule has 0 saturated heterocycles. The van der Waals surface area contributed by atoms with Crippen molar-refractivity contribution < 1.29 is 8.42 Å². The monoisotopic (exact) mass is 243 g/mol. The van der Waals surface area contributed by atoms with Crippen molar-refractivity contribution in [3.8, 4) is 0 Å². The lowest BCUT2D eigenvalue weighted by Gasteiger charge is -2.23. The Morgan fingerprint density at radius 1 is 1.38 bits per heavy atom. The summed E-state index contributed by atoms with van der Waals surface area (Å²) < 4.78 is 24.3. The lowest BCUT2D eigenvalue weighted by Crippen LogP contribution is -2.14. The van der Waals surface area contributed by atoms with E-state index < -0.39 is 10.0 Å². The number of hydrogen-bond acceptors (Lipinski definition) is 3. The van der Waals surface area contributed by atoms with Crippen LogP contribution in [-0.4, -0.2) is 18.0 Å². The first-order valence-corrected chi connectivity index (χ1v) is 7.11. The van der Waals surface area contributed by atoms with Crippen LogP contribution in [0.25, 0.3) is 0 Å². The molecule has 1 aromatic heterocycles.